The molecule has 0 saturated carbocycles. The SMILES string of the molecule is COC(=O)C(NC(=O)CC(CN)OC)C(C)C. The Kier molecular flexibility index (Phi) is 7.49. The zero-order chi connectivity index (χ0) is 13.4. The van der Waals surface area contributed by atoms with E-state index in [-0.39, 0.29) is 30.9 Å². The van der Waals surface area contributed by atoms with Gasteiger partial charge in [-0.1, -0.05) is 13.8 Å². The maximum absolute atomic E-state index is 11.7. The van der Waals surface area contributed by atoms with Gasteiger partial charge in [-0.15, -0.1) is 0 Å². The molecule has 0 heterocycles. The van der Waals surface area contributed by atoms with E-state index in [9.17, 15) is 9.59 Å². The molecule has 0 aromatic heterocycles. The minimum atomic E-state index is -0.636. The van der Waals surface area contributed by atoms with Gasteiger partial charge in [-0.05, 0) is 5.92 Å². The molecule has 0 saturated heterocycles. The second-order valence-electron chi connectivity index (χ2n) is 4.11. The van der Waals surface area contributed by atoms with Crippen LogP contribution in [0.2, 0.25) is 0 Å². The smallest absolute Gasteiger partial charge is 0.328 e. The fraction of sp³-hybridized carbons (Fsp3) is 0.818. The van der Waals surface area contributed by atoms with Gasteiger partial charge in [0.1, 0.15) is 6.04 Å². The normalized spacial score (nSPS) is 14.2. The van der Waals surface area contributed by atoms with Crippen LogP contribution in [-0.2, 0) is 19.1 Å². The van der Waals surface area contributed by atoms with E-state index in [1.165, 1.54) is 14.2 Å². The summed E-state index contributed by atoms with van der Waals surface area (Å²) in [6.07, 6.45) is -0.201. The van der Waals surface area contributed by atoms with E-state index >= 15 is 0 Å². The van der Waals surface area contributed by atoms with Gasteiger partial charge in [0.25, 0.3) is 0 Å². The summed E-state index contributed by atoms with van der Waals surface area (Å²) in [7, 11) is 2.78. The van der Waals surface area contributed by atoms with E-state index < -0.39 is 12.0 Å². The van der Waals surface area contributed by atoms with Crippen molar-refractivity contribution in [2.24, 2.45) is 11.7 Å². The van der Waals surface area contributed by atoms with E-state index in [1.807, 2.05) is 13.8 Å². The number of hydrogen-bond acceptors (Lipinski definition) is 5. The lowest BCUT2D eigenvalue weighted by Crippen LogP contribution is -2.46. The Morgan fingerprint density at radius 1 is 1.29 bits per heavy atom. The van der Waals surface area contributed by atoms with E-state index in [2.05, 4.69) is 10.1 Å². The first kappa shape index (κ1) is 15.9. The first-order valence-corrected chi connectivity index (χ1v) is 5.56. The lowest BCUT2D eigenvalue weighted by Gasteiger charge is -2.21. The quantitative estimate of drug-likeness (QED) is 0.600. The zero-order valence-corrected chi connectivity index (χ0v) is 10.9. The third kappa shape index (κ3) is 5.65. The van der Waals surface area contributed by atoms with Gasteiger partial charge in [0.05, 0.1) is 19.6 Å². The summed E-state index contributed by atoms with van der Waals surface area (Å²) in [6, 6.07) is -0.636. The fourth-order valence-electron chi connectivity index (χ4n) is 1.33. The number of nitrogens with two attached hydrogens (primary N) is 1. The molecule has 2 unspecified atom stereocenters. The summed E-state index contributed by atoms with van der Waals surface area (Å²) in [4.78, 5) is 23.1. The Morgan fingerprint density at radius 3 is 2.24 bits per heavy atom. The number of amides is 1. The van der Waals surface area contributed by atoms with Crippen molar-refractivity contribution in [1.29, 1.82) is 0 Å². The molecule has 0 rings (SSSR count). The molecule has 0 spiro atoms. The summed E-state index contributed by atoms with van der Waals surface area (Å²) < 4.78 is 9.62. The lowest BCUT2D eigenvalue weighted by molar-refractivity contribution is -0.146. The Morgan fingerprint density at radius 2 is 1.88 bits per heavy atom. The Labute approximate surface area is 102 Å². The number of carbonyl (C=O) groups excluding carboxylic acids is 2. The first-order chi connectivity index (χ1) is 7.96. The van der Waals surface area contributed by atoms with Crippen LogP contribution in [0.5, 0.6) is 0 Å². The standard InChI is InChI=1S/C11H22N2O4/c1-7(2)10(11(15)17-4)13-9(14)5-8(6-12)16-3/h7-8,10H,5-6,12H2,1-4H3,(H,13,14). The van der Waals surface area contributed by atoms with E-state index in [4.69, 9.17) is 10.5 Å². The van der Waals surface area contributed by atoms with Crippen molar-refractivity contribution in [3.8, 4) is 0 Å². The topological polar surface area (TPSA) is 90.7 Å². The molecule has 0 fully saturated rings. The van der Waals surface area contributed by atoms with Gasteiger partial charge in [-0.3, -0.25) is 4.79 Å². The minimum absolute atomic E-state index is 0.0368. The molecule has 0 aromatic rings. The molecule has 0 aromatic carbocycles. The second kappa shape index (κ2) is 8.03. The summed E-state index contributed by atoms with van der Waals surface area (Å²) >= 11 is 0. The third-order valence-electron chi connectivity index (χ3n) is 2.45. The molecule has 0 aliphatic carbocycles. The molecule has 6 heteroatoms. The maximum atomic E-state index is 11.7. The predicted molar refractivity (Wildman–Crippen MR) is 63.3 cm³/mol. The average molecular weight is 246 g/mol. The number of carbonyl (C=O) groups is 2. The molecule has 2 atom stereocenters. The molecular weight excluding hydrogens is 224 g/mol. The van der Waals surface area contributed by atoms with Crippen molar-refractivity contribution in [3.63, 3.8) is 0 Å². The number of rotatable bonds is 7. The maximum Gasteiger partial charge on any atom is 0.328 e. The Balaban J connectivity index is 4.36. The molecule has 0 aliphatic heterocycles. The number of esters is 1. The van der Waals surface area contributed by atoms with Crippen LogP contribution in [0.15, 0.2) is 0 Å². The fourth-order valence-corrected chi connectivity index (χ4v) is 1.33. The van der Waals surface area contributed by atoms with Crippen molar-refractivity contribution in [3.05, 3.63) is 0 Å². The predicted octanol–water partition coefficient (Wildman–Crippen LogP) is -0.336. The van der Waals surface area contributed by atoms with Crippen LogP contribution < -0.4 is 11.1 Å². The average Bonchev–Trinajstić information content (AvgIpc) is 2.31. The molecule has 6 nitrogen and oxygen atoms in total. The van der Waals surface area contributed by atoms with Crippen LogP contribution in [0, 0.1) is 5.92 Å². The molecular formula is C11H22N2O4. The highest BCUT2D eigenvalue weighted by atomic mass is 16.5. The number of nitrogens with one attached hydrogen (secondary N) is 1. The largest absolute Gasteiger partial charge is 0.467 e. The van der Waals surface area contributed by atoms with E-state index in [1.54, 1.807) is 0 Å². The molecule has 0 aliphatic rings. The van der Waals surface area contributed by atoms with Crippen LogP contribution in [0.25, 0.3) is 0 Å². The van der Waals surface area contributed by atoms with Gasteiger partial charge in [0.2, 0.25) is 5.91 Å². The van der Waals surface area contributed by atoms with Crippen LogP contribution in [0.4, 0.5) is 0 Å². The first-order valence-electron chi connectivity index (χ1n) is 5.56. The summed E-state index contributed by atoms with van der Waals surface area (Å²) in [5.41, 5.74) is 5.41. The van der Waals surface area contributed by atoms with Gasteiger partial charge in [-0.25, -0.2) is 4.79 Å². The van der Waals surface area contributed by atoms with E-state index in [0.29, 0.717) is 0 Å². The van der Waals surface area contributed by atoms with Crippen molar-refractivity contribution in [2.75, 3.05) is 20.8 Å². The lowest BCUT2D eigenvalue weighted by atomic mass is 10.0. The molecule has 0 bridgehead atoms. The number of hydrogen-bond donors (Lipinski definition) is 2. The van der Waals surface area contributed by atoms with Crippen molar-refractivity contribution >= 4 is 11.9 Å². The van der Waals surface area contributed by atoms with Crippen LogP contribution in [-0.4, -0.2) is 44.8 Å². The summed E-state index contributed by atoms with van der Waals surface area (Å²) in [5, 5.41) is 2.62. The Bertz CT molecular complexity index is 252. The summed E-state index contributed by atoms with van der Waals surface area (Å²) in [5.74, 6) is -0.758. The van der Waals surface area contributed by atoms with Gasteiger partial charge in [0, 0.05) is 13.7 Å². The van der Waals surface area contributed by atoms with Gasteiger partial charge in [0.15, 0.2) is 0 Å². The van der Waals surface area contributed by atoms with Crippen LogP contribution >= 0.6 is 0 Å². The Hall–Kier alpha value is -1.14. The van der Waals surface area contributed by atoms with Gasteiger partial charge in [-0.2, -0.15) is 0 Å². The third-order valence-corrected chi connectivity index (χ3v) is 2.45. The van der Waals surface area contributed by atoms with Crippen molar-refractivity contribution < 1.29 is 19.1 Å². The van der Waals surface area contributed by atoms with Crippen molar-refractivity contribution in [1.82, 2.24) is 5.32 Å². The zero-order valence-electron chi connectivity index (χ0n) is 10.9. The highest BCUT2D eigenvalue weighted by Crippen LogP contribution is 2.05. The van der Waals surface area contributed by atoms with Crippen LogP contribution in [0.3, 0.4) is 0 Å². The monoisotopic (exact) mass is 246 g/mol. The van der Waals surface area contributed by atoms with Crippen LogP contribution in [0.1, 0.15) is 20.3 Å². The number of methoxy groups -OCH3 is 2. The number of ether oxygens (including phenoxy) is 2. The van der Waals surface area contributed by atoms with E-state index in [0.717, 1.165) is 0 Å². The summed E-state index contributed by atoms with van der Waals surface area (Å²) in [6.45, 7) is 3.92. The second-order valence-corrected chi connectivity index (χ2v) is 4.11. The molecule has 17 heavy (non-hydrogen) atoms. The van der Waals surface area contributed by atoms with Gasteiger partial charge < -0.3 is 20.5 Å². The highest BCUT2D eigenvalue weighted by molar-refractivity contribution is 5.84. The molecule has 0 radical (unpaired) electrons. The van der Waals surface area contributed by atoms with Crippen molar-refractivity contribution in [2.45, 2.75) is 32.4 Å². The molecule has 100 valence electrons. The van der Waals surface area contributed by atoms with Gasteiger partial charge >= 0.3 is 5.97 Å². The molecule has 1 amide bonds. The molecule has 3 N–H and O–H groups in total. The minimum Gasteiger partial charge on any atom is -0.467 e. The highest BCUT2D eigenvalue weighted by Gasteiger charge is 2.25.